The lowest BCUT2D eigenvalue weighted by Crippen LogP contribution is -2.13. The average molecular weight is 248 g/mol. The van der Waals surface area contributed by atoms with Gasteiger partial charge < -0.3 is 10.3 Å². The summed E-state index contributed by atoms with van der Waals surface area (Å²) in [6.07, 6.45) is 1.10. The van der Waals surface area contributed by atoms with E-state index in [1.807, 2.05) is 30.3 Å². The predicted molar refractivity (Wildman–Crippen MR) is 72.4 cm³/mol. The summed E-state index contributed by atoms with van der Waals surface area (Å²) in [5.41, 5.74) is 2.02. The van der Waals surface area contributed by atoms with Gasteiger partial charge in [0, 0.05) is 11.4 Å². The molecule has 0 saturated carbocycles. The van der Waals surface area contributed by atoms with Crippen LogP contribution in [0, 0.1) is 0 Å². The standard InChI is InChI=1S/C13H16N2OS/c1-2-8-14-9-11-12(15-13(16)17-11)10-6-4-3-5-7-10/h3-7,14H,2,8-9H2,1H3,(H,15,16). The number of nitrogens with one attached hydrogen (secondary N) is 2. The minimum atomic E-state index is 0.0113. The van der Waals surface area contributed by atoms with Gasteiger partial charge in [0.25, 0.3) is 0 Å². The Morgan fingerprint density at radius 2 is 2.06 bits per heavy atom. The SMILES string of the molecule is CCCNCc1sc(=O)[nH]c1-c1ccccc1. The molecule has 1 heterocycles. The van der Waals surface area contributed by atoms with Crippen molar-refractivity contribution in [3.63, 3.8) is 0 Å². The van der Waals surface area contributed by atoms with Gasteiger partial charge in [-0.15, -0.1) is 0 Å². The van der Waals surface area contributed by atoms with Crippen LogP contribution < -0.4 is 10.2 Å². The molecule has 3 nitrogen and oxygen atoms in total. The van der Waals surface area contributed by atoms with Gasteiger partial charge in [0.15, 0.2) is 0 Å². The fourth-order valence-corrected chi connectivity index (χ4v) is 2.52. The number of H-pyrrole nitrogens is 1. The fourth-order valence-electron chi connectivity index (χ4n) is 1.70. The molecular weight excluding hydrogens is 232 g/mol. The van der Waals surface area contributed by atoms with Gasteiger partial charge in [-0.3, -0.25) is 4.79 Å². The molecule has 0 aliphatic carbocycles. The van der Waals surface area contributed by atoms with Crippen molar-refractivity contribution in [1.29, 1.82) is 0 Å². The maximum atomic E-state index is 11.5. The van der Waals surface area contributed by atoms with E-state index in [0.29, 0.717) is 0 Å². The Kier molecular flexibility index (Phi) is 4.12. The summed E-state index contributed by atoms with van der Waals surface area (Å²) in [6.45, 7) is 3.85. The van der Waals surface area contributed by atoms with E-state index in [2.05, 4.69) is 17.2 Å². The Morgan fingerprint density at radius 1 is 1.29 bits per heavy atom. The second-order valence-electron chi connectivity index (χ2n) is 3.86. The molecule has 1 aromatic heterocycles. The van der Waals surface area contributed by atoms with Crippen molar-refractivity contribution in [3.8, 4) is 11.3 Å². The largest absolute Gasteiger partial charge is 0.312 e. The molecule has 2 aromatic rings. The third kappa shape index (κ3) is 3.05. The van der Waals surface area contributed by atoms with E-state index in [1.54, 1.807) is 0 Å². The van der Waals surface area contributed by atoms with Gasteiger partial charge in [-0.05, 0) is 18.5 Å². The molecule has 4 heteroatoms. The molecule has 0 saturated heterocycles. The average Bonchev–Trinajstić information content (AvgIpc) is 2.72. The predicted octanol–water partition coefficient (Wildman–Crippen LogP) is 2.60. The van der Waals surface area contributed by atoms with Crippen LogP contribution in [0.5, 0.6) is 0 Å². The van der Waals surface area contributed by atoms with E-state index < -0.39 is 0 Å². The first-order valence-corrected chi connectivity index (χ1v) is 6.61. The van der Waals surface area contributed by atoms with Crippen LogP contribution in [-0.2, 0) is 6.54 Å². The Balaban J connectivity index is 2.25. The molecular formula is C13H16N2OS. The number of aromatic nitrogens is 1. The Labute approximate surface area is 105 Å². The summed E-state index contributed by atoms with van der Waals surface area (Å²) >= 11 is 1.29. The first-order valence-electron chi connectivity index (χ1n) is 5.79. The van der Waals surface area contributed by atoms with Crippen molar-refractivity contribution in [2.45, 2.75) is 19.9 Å². The number of thiazole rings is 1. The third-order valence-electron chi connectivity index (χ3n) is 2.50. The van der Waals surface area contributed by atoms with Crippen molar-refractivity contribution in [2.75, 3.05) is 6.54 Å². The summed E-state index contributed by atoms with van der Waals surface area (Å²) in [5, 5.41) is 3.33. The maximum absolute atomic E-state index is 11.5. The molecule has 17 heavy (non-hydrogen) atoms. The zero-order chi connectivity index (χ0) is 12.1. The monoisotopic (exact) mass is 248 g/mol. The zero-order valence-electron chi connectivity index (χ0n) is 9.82. The van der Waals surface area contributed by atoms with E-state index in [-0.39, 0.29) is 4.87 Å². The van der Waals surface area contributed by atoms with Crippen molar-refractivity contribution >= 4 is 11.3 Å². The summed E-state index contributed by atoms with van der Waals surface area (Å²) in [6, 6.07) is 9.97. The Morgan fingerprint density at radius 3 is 2.76 bits per heavy atom. The summed E-state index contributed by atoms with van der Waals surface area (Å²) in [7, 11) is 0. The Hall–Kier alpha value is -1.39. The molecule has 0 amide bonds. The van der Waals surface area contributed by atoms with E-state index in [4.69, 9.17) is 0 Å². The number of benzene rings is 1. The van der Waals surface area contributed by atoms with Gasteiger partial charge in [0.1, 0.15) is 0 Å². The fraction of sp³-hybridized carbons (Fsp3) is 0.308. The molecule has 0 atom stereocenters. The van der Waals surface area contributed by atoms with Crippen LogP contribution in [-0.4, -0.2) is 11.5 Å². The van der Waals surface area contributed by atoms with Crippen LogP contribution in [0.4, 0.5) is 0 Å². The molecule has 0 spiro atoms. The molecule has 90 valence electrons. The highest BCUT2D eigenvalue weighted by Gasteiger charge is 2.09. The second kappa shape index (κ2) is 5.80. The highest BCUT2D eigenvalue weighted by atomic mass is 32.1. The zero-order valence-corrected chi connectivity index (χ0v) is 10.6. The van der Waals surface area contributed by atoms with Crippen LogP contribution >= 0.6 is 11.3 Å². The summed E-state index contributed by atoms with van der Waals surface area (Å²) in [4.78, 5) is 15.5. The molecule has 0 bridgehead atoms. The first kappa shape index (κ1) is 12.1. The number of hydrogen-bond acceptors (Lipinski definition) is 3. The molecule has 0 unspecified atom stereocenters. The lowest BCUT2D eigenvalue weighted by atomic mass is 10.1. The molecule has 0 fully saturated rings. The normalized spacial score (nSPS) is 10.6. The topological polar surface area (TPSA) is 44.9 Å². The van der Waals surface area contributed by atoms with Crippen LogP contribution in [0.1, 0.15) is 18.2 Å². The summed E-state index contributed by atoms with van der Waals surface area (Å²) in [5.74, 6) is 0. The summed E-state index contributed by atoms with van der Waals surface area (Å²) < 4.78 is 0. The highest BCUT2D eigenvalue weighted by molar-refractivity contribution is 7.09. The van der Waals surface area contributed by atoms with Gasteiger partial charge in [-0.25, -0.2) is 0 Å². The molecule has 2 N–H and O–H groups in total. The van der Waals surface area contributed by atoms with Crippen molar-refractivity contribution < 1.29 is 0 Å². The maximum Gasteiger partial charge on any atom is 0.305 e. The second-order valence-corrected chi connectivity index (χ2v) is 4.92. The van der Waals surface area contributed by atoms with Gasteiger partial charge >= 0.3 is 4.87 Å². The van der Waals surface area contributed by atoms with Crippen molar-refractivity contribution in [3.05, 3.63) is 44.9 Å². The van der Waals surface area contributed by atoms with Crippen LogP contribution in [0.25, 0.3) is 11.3 Å². The Bertz CT molecular complexity index is 516. The van der Waals surface area contributed by atoms with Crippen molar-refractivity contribution in [2.24, 2.45) is 0 Å². The van der Waals surface area contributed by atoms with Gasteiger partial charge in [-0.1, -0.05) is 48.6 Å². The van der Waals surface area contributed by atoms with Gasteiger partial charge in [-0.2, -0.15) is 0 Å². The van der Waals surface area contributed by atoms with Gasteiger partial charge in [0.05, 0.1) is 5.69 Å². The van der Waals surface area contributed by atoms with Crippen molar-refractivity contribution in [1.82, 2.24) is 10.3 Å². The molecule has 0 radical (unpaired) electrons. The minimum absolute atomic E-state index is 0.0113. The highest BCUT2D eigenvalue weighted by Crippen LogP contribution is 2.22. The van der Waals surface area contributed by atoms with E-state index >= 15 is 0 Å². The van der Waals surface area contributed by atoms with Crippen LogP contribution in [0.2, 0.25) is 0 Å². The van der Waals surface area contributed by atoms with E-state index in [0.717, 1.165) is 35.6 Å². The lowest BCUT2D eigenvalue weighted by Gasteiger charge is -2.04. The van der Waals surface area contributed by atoms with E-state index in [9.17, 15) is 4.79 Å². The smallest absolute Gasteiger partial charge is 0.305 e. The van der Waals surface area contributed by atoms with Gasteiger partial charge in [0.2, 0.25) is 0 Å². The lowest BCUT2D eigenvalue weighted by molar-refractivity contribution is 0.681. The molecule has 1 aromatic carbocycles. The quantitative estimate of drug-likeness (QED) is 0.799. The number of rotatable bonds is 5. The van der Waals surface area contributed by atoms with E-state index in [1.165, 1.54) is 11.3 Å². The number of aromatic amines is 1. The molecule has 0 aliphatic rings. The van der Waals surface area contributed by atoms with Crippen LogP contribution in [0.15, 0.2) is 35.1 Å². The molecule has 2 rings (SSSR count). The minimum Gasteiger partial charge on any atom is -0.312 e. The number of hydrogen-bond donors (Lipinski definition) is 2. The molecule has 0 aliphatic heterocycles. The van der Waals surface area contributed by atoms with Crippen LogP contribution in [0.3, 0.4) is 0 Å². The first-order chi connectivity index (χ1) is 8.31. The third-order valence-corrected chi connectivity index (χ3v) is 3.38.